The van der Waals surface area contributed by atoms with Crippen LogP contribution >= 0.6 is 11.8 Å². The summed E-state index contributed by atoms with van der Waals surface area (Å²) in [7, 11) is -0.665. The molecule has 0 spiro atoms. The predicted molar refractivity (Wildman–Crippen MR) is 51.1 cm³/mol. The van der Waals surface area contributed by atoms with Crippen molar-refractivity contribution in [3.63, 3.8) is 0 Å². The van der Waals surface area contributed by atoms with Gasteiger partial charge in [0.05, 0.1) is 0 Å². The average Bonchev–Trinajstić information content (AvgIpc) is 1.87. The summed E-state index contributed by atoms with van der Waals surface area (Å²) < 4.78 is 10.5. The lowest BCUT2D eigenvalue weighted by atomic mass is 10.4. The number of hydrogen-bond donors (Lipinski definition) is 0. The van der Waals surface area contributed by atoms with Crippen molar-refractivity contribution in [1.82, 2.24) is 0 Å². The molecule has 0 rings (SSSR count). The lowest BCUT2D eigenvalue weighted by molar-refractivity contribution is 0.688. The van der Waals surface area contributed by atoms with Crippen LogP contribution in [0.15, 0.2) is 12.2 Å². The van der Waals surface area contributed by atoms with Gasteiger partial charge in [-0.15, -0.1) is 0 Å². The fourth-order valence-corrected chi connectivity index (χ4v) is 1.29. The Morgan fingerprint density at radius 3 is 2.70 bits per heavy atom. The van der Waals surface area contributed by atoms with Crippen molar-refractivity contribution in [2.24, 2.45) is 0 Å². The highest BCUT2D eigenvalue weighted by Gasteiger charge is 1.82. The molecule has 0 heterocycles. The summed E-state index contributed by atoms with van der Waals surface area (Å²) >= 11 is 1.83. The third-order valence-electron chi connectivity index (χ3n) is 0.986. The maximum Gasteiger partial charge on any atom is 0.0412 e. The van der Waals surface area contributed by atoms with Crippen LogP contribution in [0.3, 0.4) is 0 Å². The molecule has 0 N–H and O–H groups in total. The van der Waals surface area contributed by atoms with Gasteiger partial charge in [-0.05, 0) is 18.4 Å². The van der Waals surface area contributed by atoms with Gasteiger partial charge >= 0.3 is 0 Å². The first kappa shape index (κ1) is 10.2. The van der Waals surface area contributed by atoms with Crippen molar-refractivity contribution in [3.05, 3.63) is 12.2 Å². The molecule has 0 aliphatic carbocycles. The minimum absolute atomic E-state index is 0.665. The maximum absolute atomic E-state index is 10.5. The zero-order valence-electron chi connectivity index (χ0n) is 6.50. The second-order valence-electron chi connectivity index (χ2n) is 1.99. The van der Waals surface area contributed by atoms with Gasteiger partial charge in [-0.3, -0.25) is 4.21 Å². The van der Waals surface area contributed by atoms with E-state index in [9.17, 15) is 4.21 Å². The summed E-state index contributed by atoms with van der Waals surface area (Å²) in [5.41, 5.74) is 0. The Kier molecular flexibility index (Phi) is 7.52. The summed E-state index contributed by atoms with van der Waals surface area (Å²) in [5, 5.41) is 0. The zero-order valence-corrected chi connectivity index (χ0v) is 8.13. The predicted octanol–water partition coefficient (Wildman–Crippen LogP) is 1.67. The molecule has 0 aromatic carbocycles. The van der Waals surface area contributed by atoms with E-state index in [1.54, 1.807) is 6.26 Å². The third-order valence-corrected chi connectivity index (χ3v) is 2.29. The minimum Gasteiger partial charge on any atom is -0.260 e. The molecule has 60 valence electrons. The van der Waals surface area contributed by atoms with Gasteiger partial charge in [0, 0.05) is 22.8 Å². The van der Waals surface area contributed by atoms with Crippen LogP contribution in [0, 0.1) is 0 Å². The number of rotatable bonds is 5. The largest absolute Gasteiger partial charge is 0.260 e. The van der Waals surface area contributed by atoms with Crippen LogP contribution in [-0.4, -0.2) is 28.2 Å². The van der Waals surface area contributed by atoms with E-state index in [-0.39, 0.29) is 0 Å². The number of thioether (sulfide) groups is 1. The van der Waals surface area contributed by atoms with Crippen molar-refractivity contribution in [2.75, 3.05) is 24.0 Å². The fourth-order valence-electron chi connectivity index (χ4n) is 0.507. The lowest BCUT2D eigenvalue weighted by Crippen LogP contribution is -1.88. The van der Waals surface area contributed by atoms with Crippen molar-refractivity contribution < 1.29 is 4.21 Å². The molecule has 1 unspecified atom stereocenters. The van der Waals surface area contributed by atoms with E-state index in [4.69, 9.17) is 0 Å². The molecule has 0 bridgehead atoms. The summed E-state index contributed by atoms with van der Waals surface area (Å²) in [4.78, 5) is 0. The molecule has 0 amide bonds. The molecule has 1 nitrogen and oxygen atoms in total. The quantitative estimate of drug-likeness (QED) is 0.470. The van der Waals surface area contributed by atoms with Gasteiger partial charge in [-0.25, -0.2) is 0 Å². The second-order valence-corrected chi connectivity index (χ2v) is 4.46. The lowest BCUT2D eigenvalue weighted by Gasteiger charge is -1.88. The van der Waals surface area contributed by atoms with Crippen LogP contribution in [0.4, 0.5) is 0 Å². The topological polar surface area (TPSA) is 17.1 Å². The Balaban J connectivity index is 3.12. The summed E-state index contributed by atoms with van der Waals surface area (Å²) in [5.74, 6) is 1.86. The molecular formula is C7H14OS2. The minimum atomic E-state index is -0.665. The molecule has 0 radical (unpaired) electrons. The molecular weight excluding hydrogens is 164 g/mol. The van der Waals surface area contributed by atoms with E-state index >= 15 is 0 Å². The van der Waals surface area contributed by atoms with Crippen LogP contribution in [0.5, 0.6) is 0 Å². The standard InChI is InChI=1S/C7H14OS2/c1-9-6-4-3-5-7-10(2)8/h3,5H,4,6-7H2,1-2H3/b5-3-. The molecule has 0 saturated heterocycles. The fraction of sp³-hybridized carbons (Fsp3) is 0.714. The van der Waals surface area contributed by atoms with E-state index in [2.05, 4.69) is 12.3 Å². The van der Waals surface area contributed by atoms with E-state index in [0.717, 1.165) is 12.2 Å². The van der Waals surface area contributed by atoms with Crippen LogP contribution in [-0.2, 0) is 10.8 Å². The van der Waals surface area contributed by atoms with Crippen molar-refractivity contribution in [2.45, 2.75) is 6.42 Å². The van der Waals surface area contributed by atoms with Crippen molar-refractivity contribution >= 4 is 22.6 Å². The molecule has 0 saturated carbocycles. The molecule has 0 aliphatic rings. The Labute approximate surface area is 69.7 Å². The summed E-state index contributed by atoms with van der Waals surface area (Å²) in [6.45, 7) is 0. The van der Waals surface area contributed by atoms with E-state index in [1.165, 1.54) is 0 Å². The molecule has 0 aliphatic heterocycles. The highest BCUT2D eigenvalue weighted by Crippen LogP contribution is 1.95. The highest BCUT2D eigenvalue weighted by atomic mass is 32.2. The van der Waals surface area contributed by atoms with E-state index < -0.39 is 10.8 Å². The van der Waals surface area contributed by atoms with Crippen LogP contribution < -0.4 is 0 Å². The van der Waals surface area contributed by atoms with E-state index in [1.807, 2.05) is 17.8 Å². The van der Waals surface area contributed by atoms with E-state index in [0.29, 0.717) is 5.75 Å². The van der Waals surface area contributed by atoms with Gasteiger partial charge in [0.15, 0.2) is 0 Å². The maximum atomic E-state index is 10.5. The first-order valence-electron chi connectivity index (χ1n) is 3.21. The first-order chi connectivity index (χ1) is 4.77. The van der Waals surface area contributed by atoms with Gasteiger partial charge in [0.2, 0.25) is 0 Å². The van der Waals surface area contributed by atoms with Crippen LogP contribution in [0.1, 0.15) is 6.42 Å². The van der Waals surface area contributed by atoms with Gasteiger partial charge < -0.3 is 0 Å². The second kappa shape index (κ2) is 7.35. The Morgan fingerprint density at radius 1 is 1.50 bits per heavy atom. The molecule has 0 aromatic rings. The van der Waals surface area contributed by atoms with Gasteiger partial charge in [-0.1, -0.05) is 12.2 Å². The smallest absolute Gasteiger partial charge is 0.0412 e. The van der Waals surface area contributed by atoms with Crippen molar-refractivity contribution in [3.8, 4) is 0 Å². The van der Waals surface area contributed by atoms with Crippen molar-refractivity contribution in [1.29, 1.82) is 0 Å². The Morgan fingerprint density at radius 2 is 2.20 bits per heavy atom. The monoisotopic (exact) mass is 178 g/mol. The summed E-state index contributed by atoms with van der Waals surface area (Å²) in [6, 6.07) is 0. The zero-order chi connectivity index (χ0) is 7.82. The first-order valence-corrected chi connectivity index (χ1v) is 6.33. The summed E-state index contributed by atoms with van der Waals surface area (Å²) in [6.07, 6.45) is 8.99. The normalized spacial score (nSPS) is 14.2. The van der Waals surface area contributed by atoms with Gasteiger partial charge in [0.1, 0.15) is 0 Å². The Bertz CT molecular complexity index is 121. The molecule has 1 atom stereocenters. The van der Waals surface area contributed by atoms with Gasteiger partial charge in [-0.2, -0.15) is 11.8 Å². The average molecular weight is 178 g/mol. The SMILES string of the molecule is CSCC/C=C\CS(C)=O. The van der Waals surface area contributed by atoms with Crippen LogP contribution in [0.2, 0.25) is 0 Å². The number of allylic oxidation sites excluding steroid dienone is 1. The molecule has 0 fully saturated rings. The molecule has 10 heavy (non-hydrogen) atoms. The third kappa shape index (κ3) is 8.24. The van der Waals surface area contributed by atoms with Crippen LogP contribution in [0.25, 0.3) is 0 Å². The van der Waals surface area contributed by atoms with Gasteiger partial charge in [0.25, 0.3) is 0 Å². The molecule has 3 heteroatoms. The number of hydrogen-bond acceptors (Lipinski definition) is 2. The molecule has 0 aromatic heterocycles. The Hall–Kier alpha value is 0.240. The highest BCUT2D eigenvalue weighted by molar-refractivity contribution is 7.98.